The fourth-order valence-corrected chi connectivity index (χ4v) is 1.12. The van der Waals surface area contributed by atoms with Crippen LogP contribution in [0.15, 0.2) is 0 Å². The zero-order valence-corrected chi connectivity index (χ0v) is 9.53. The van der Waals surface area contributed by atoms with E-state index in [2.05, 4.69) is 33.5 Å². The lowest BCUT2D eigenvalue weighted by Crippen LogP contribution is -2.31. The van der Waals surface area contributed by atoms with Crippen molar-refractivity contribution in [3.8, 4) is 0 Å². The molecule has 67 valence electrons. The molecule has 0 atom stereocenters. The van der Waals surface area contributed by atoms with E-state index in [-0.39, 0.29) is 0 Å². The van der Waals surface area contributed by atoms with Crippen molar-refractivity contribution >= 4 is 8.07 Å². The molecule has 1 radical (unpaired) electrons. The van der Waals surface area contributed by atoms with Crippen LogP contribution in [0.4, 0.5) is 0 Å². The van der Waals surface area contributed by atoms with Gasteiger partial charge in [0, 0.05) is 6.61 Å². The molecule has 0 saturated carbocycles. The summed E-state index contributed by atoms with van der Waals surface area (Å²) in [7, 11) is -1.12. The van der Waals surface area contributed by atoms with Crippen LogP contribution >= 0.6 is 0 Å². The summed E-state index contributed by atoms with van der Waals surface area (Å²) in [5.41, 5.74) is 1.28. The lowest BCUT2D eigenvalue weighted by atomic mass is 10.4. The predicted molar refractivity (Wildman–Crippen MR) is 53.1 cm³/mol. The Hall–Kier alpha value is 0.177. The minimum absolute atomic E-state index is 0.909. The summed E-state index contributed by atoms with van der Waals surface area (Å²) >= 11 is 0. The highest BCUT2D eigenvalue weighted by molar-refractivity contribution is 6.80. The molecule has 11 heavy (non-hydrogen) atoms. The Morgan fingerprint density at radius 2 is 1.82 bits per heavy atom. The molecule has 0 saturated heterocycles. The number of rotatable bonds is 5. The number of ether oxygens (including phenoxy) is 1. The molecule has 2 heteroatoms. The van der Waals surface area contributed by atoms with Gasteiger partial charge in [0.1, 0.15) is 0 Å². The van der Waals surface area contributed by atoms with Gasteiger partial charge in [-0.1, -0.05) is 33.0 Å². The van der Waals surface area contributed by atoms with Crippen molar-refractivity contribution in [3.05, 3.63) is 5.73 Å². The molecule has 0 bridgehead atoms. The highest BCUT2D eigenvalue weighted by Crippen LogP contribution is 2.18. The van der Waals surface area contributed by atoms with Gasteiger partial charge in [-0.05, 0) is 13.3 Å². The van der Waals surface area contributed by atoms with E-state index in [1.54, 1.807) is 0 Å². The van der Waals surface area contributed by atoms with Crippen LogP contribution in [0.1, 0.15) is 26.7 Å². The Morgan fingerprint density at radius 3 is 2.18 bits per heavy atom. The summed E-state index contributed by atoms with van der Waals surface area (Å²) in [5, 5.41) is 0. The van der Waals surface area contributed by atoms with Crippen molar-refractivity contribution < 1.29 is 4.74 Å². The first kappa shape index (κ1) is 11.2. The standard InChI is InChI=1S/C9H21OSi/c1-6-7-8-10-9(2)11(3,4)5/h6-8H2,1-5H3. The van der Waals surface area contributed by atoms with Gasteiger partial charge in [0.05, 0.1) is 13.8 Å². The molecule has 0 aromatic carbocycles. The molecule has 0 aliphatic heterocycles. The van der Waals surface area contributed by atoms with E-state index >= 15 is 0 Å². The molecule has 0 spiro atoms. The minimum Gasteiger partial charge on any atom is -0.376 e. The summed E-state index contributed by atoms with van der Waals surface area (Å²) in [5.74, 6) is 0. The van der Waals surface area contributed by atoms with Gasteiger partial charge in [-0.2, -0.15) is 0 Å². The van der Waals surface area contributed by atoms with Crippen LogP contribution in [-0.2, 0) is 4.74 Å². The zero-order valence-electron chi connectivity index (χ0n) is 8.53. The molecular weight excluding hydrogens is 152 g/mol. The van der Waals surface area contributed by atoms with Gasteiger partial charge < -0.3 is 4.74 Å². The maximum absolute atomic E-state index is 5.63. The Balaban J connectivity index is 3.44. The molecule has 0 fully saturated rings. The SMILES string of the molecule is CCCCO[C](C)[Si](C)(C)C. The van der Waals surface area contributed by atoms with Gasteiger partial charge in [-0.25, -0.2) is 0 Å². The summed E-state index contributed by atoms with van der Waals surface area (Å²) in [4.78, 5) is 0. The van der Waals surface area contributed by atoms with Crippen LogP contribution in [-0.4, -0.2) is 14.7 Å². The molecule has 0 N–H and O–H groups in total. The fourth-order valence-electron chi connectivity index (χ4n) is 0.586. The molecule has 0 aliphatic carbocycles. The van der Waals surface area contributed by atoms with E-state index in [1.807, 2.05) is 0 Å². The normalized spacial score (nSPS) is 12.5. The van der Waals surface area contributed by atoms with Crippen LogP contribution in [0.25, 0.3) is 0 Å². The summed E-state index contributed by atoms with van der Waals surface area (Å²) in [6, 6.07) is 0. The van der Waals surface area contributed by atoms with E-state index in [0.29, 0.717) is 0 Å². The van der Waals surface area contributed by atoms with Crippen molar-refractivity contribution in [2.75, 3.05) is 6.61 Å². The second-order valence-corrected chi connectivity index (χ2v) is 9.21. The highest BCUT2D eigenvalue weighted by atomic mass is 28.3. The summed E-state index contributed by atoms with van der Waals surface area (Å²) in [6.45, 7) is 12.2. The zero-order chi connectivity index (χ0) is 8.91. The fraction of sp³-hybridized carbons (Fsp3) is 0.889. The number of unbranched alkanes of at least 4 members (excludes halogenated alkanes) is 1. The number of hydrogen-bond donors (Lipinski definition) is 0. The molecule has 0 aromatic rings. The van der Waals surface area contributed by atoms with E-state index < -0.39 is 8.07 Å². The van der Waals surface area contributed by atoms with Gasteiger partial charge in [0.2, 0.25) is 0 Å². The Bertz CT molecular complexity index is 96.2. The maximum Gasteiger partial charge on any atom is 0.0854 e. The molecule has 0 amide bonds. The summed E-state index contributed by atoms with van der Waals surface area (Å²) < 4.78 is 5.63. The van der Waals surface area contributed by atoms with E-state index in [1.165, 1.54) is 18.6 Å². The van der Waals surface area contributed by atoms with E-state index in [9.17, 15) is 0 Å². The lowest BCUT2D eigenvalue weighted by Gasteiger charge is -2.23. The van der Waals surface area contributed by atoms with Gasteiger partial charge in [0.15, 0.2) is 0 Å². The average Bonchev–Trinajstić information content (AvgIpc) is 1.86. The molecule has 0 heterocycles. The van der Waals surface area contributed by atoms with Crippen LogP contribution in [0.5, 0.6) is 0 Å². The monoisotopic (exact) mass is 173 g/mol. The lowest BCUT2D eigenvalue weighted by molar-refractivity contribution is 0.176. The quantitative estimate of drug-likeness (QED) is 0.458. The Kier molecular flexibility index (Phi) is 5.02. The second kappa shape index (κ2) is 4.94. The van der Waals surface area contributed by atoms with Gasteiger partial charge in [-0.15, -0.1) is 0 Å². The topological polar surface area (TPSA) is 9.23 Å². The van der Waals surface area contributed by atoms with Crippen molar-refractivity contribution in [1.82, 2.24) is 0 Å². The third-order valence-electron chi connectivity index (χ3n) is 1.87. The van der Waals surface area contributed by atoms with Crippen LogP contribution in [0.3, 0.4) is 0 Å². The van der Waals surface area contributed by atoms with Crippen LogP contribution < -0.4 is 0 Å². The Labute approximate surface area is 72.2 Å². The number of hydrogen-bond acceptors (Lipinski definition) is 1. The predicted octanol–water partition coefficient (Wildman–Crippen LogP) is 3.23. The average molecular weight is 173 g/mol. The van der Waals surface area contributed by atoms with Crippen LogP contribution in [0.2, 0.25) is 19.6 Å². The van der Waals surface area contributed by atoms with Gasteiger partial charge in [-0.3, -0.25) is 0 Å². The van der Waals surface area contributed by atoms with E-state index in [0.717, 1.165) is 6.61 Å². The minimum atomic E-state index is -1.12. The van der Waals surface area contributed by atoms with Gasteiger partial charge >= 0.3 is 0 Å². The maximum atomic E-state index is 5.63. The molecule has 0 aromatic heterocycles. The van der Waals surface area contributed by atoms with Crippen molar-refractivity contribution in [1.29, 1.82) is 0 Å². The van der Waals surface area contributed by atoms with Crippen molar-refractivity contribution in [3.63, 3.8) is 0 Å². The molecule has 0 unspecified atom stereocenters. The summed E-state index contributed by atoms with van der Waals surface area (Å²) in [6.07, 6.45) is 2.40. The Morgan fingerprint density at radius 1 is 1.27 bits per heavy atom. The molecule has 1 nitrogen and oxygen atoms in total. The molecule has 0 aliphatic rings. The third-order valence-corrected chi connectivity index (χ3v) is 4.13. The molecular formula is C9H21OSi. The van der Waals surface area contributed by atoms with Gasteiger partial charge in [0.25, 0.3) is 0 Å². The van der Waals surface area contributed by atoms with Crippen LogP contribution in [0, 0.1) is 5.73 Å². The van der Waals surface area contributed by atoms with E-state index in [4.69, 9.17) is 4.74 Å². The third kappa shape index (κ3) is 5.45. The van der Waals surface area contributed by atoms with Crippen molar-refractivity contribution in [2.45, 2.75) is 46.3 Å². The largest absolute Gasteiger partial charge is 0.376 e. The molecule has 0 rings (SSSR count). The highest BCUT2D eigenvalue weighted by Gasteiger charge is 2.23. The first-order valence-electron chi connectivity index (χ1n) is 4.45. The smallest absolute Gasteiger partial charge is 0.0854 e. The first-order chi connectivity index (χ1) is 4.98. The van der Waals surface area contributed by atoms with Crippen molar-refractivity contribution in [2.24, 2.45) is 0 Å². The first-order valence-corrected chi connectivity index (χ1v) is 7.95. The second-order valence-electron chi connectivity index (χ2n) is 4.01.